The normalized spacial score (nSPS) is 12.2. The number of aliphatic imine (C=N–C) groups is 1. The smallest absolute Gasteiger partial charge is 0.241 e. The zero-order chi connectivity index (χ0) is 21.1. The number of halogens is 1. The van der Waals surface area contributed by atoms with Crippen LogP contribution in [-0.2, 0) is 11.2 Å². The molecule has 1 unspecified atom stereocenters. The molecule has 29 heavy (non-hydrogen) atoms. The largest absolute Gasteiger partial charge is 0.489 e. The number of likely N-dealkylation sites (N-methyl/N-ethyl adjacent to an activating group) is 1. The van der Waals surface area contributed by atoms with E-state index in [1.165, 1.54) is 0 Å². The van der Waals surface area contributed by atoms with Crippen LogP contribution in [0, 0.1) is 0 Å². The first-order chi connectivity index (χ1) is 14.0. The number of ether oxygens (including phenoxy) is 1. The van der Waals surface area contributed by atoms with E-state index in [4.69, 9.17) is 16.3 Å². The Kier molecular flexibility index (Phi) is 9.24. The Hall–Kier alpha value is -2.80. The van der Waals surface area contributed by atoms with Crippen LogP contribution in [0.5, 0.6) is 5.75 Å². The van der Waals surface area contributed by atoms with Crippen molar-refractivity contribution in [1.82, 2.24) is 20.5 Å². The summed E-state index contributed by atoms with van der Waals surface area (Å²) in [7, 11) is 3.44. The molecule has 0 aliphatic rings. The summed E-state index contributed by atoms with van der Waals surface area (Å²) >= 11 is 5.88. The van der Waals surface area contributed by atoms with E-state index in [9.17, 15) is 4.79 Å². The molecule has 2 N–H and O–H groups in total. The molecule has 1 heterocycles. The highest BCUT2D eigenvalue weighted by Gasteiger charge is 2.11. The maximum absolute atomic E-state index is 12.3. The van der Waals surface area contributed by atoms with Crippen molar-refractivity contribution in [3.63, 3.8) is 0 Å². The Bertz CT molecular complexity index is 783. The van der Waals surface area contributed by atoms with Gasteiger partial charge in [0.15, 0.2) is 5.96 Å². The topological polar surface area (TPSA) is 78.9 Å². The second-order valence-electron chi connectivity index (χ2n) is 6.58. The van der Waals surface area contributed by atoms with E-state index in [1.54, 1.807) is 37.3 Å². The minimum Gasteiger partial charge on any atom is -0.489 e. The van der Waals surface area contributed by atoms with Gasteiger partial charge < -0.3 is 20.3 Å². The van der Waals surface area contributed by atoms with Gasteiger partial charge in [-0.25, -0.2) is 0 Å². The molecule has 156 valence electrons. The Labute approximate surface area is 177 Å². The summed E-state index contributed by atoms with van der Waals surface area (Å²) in [6.45, 7) is 3.25. The van der Waals surface area contributed by atoms with E-state index in [0.29, 0.717) is 24.1 Å². The number of rotatable bonds is 9. The van der Waals surface area contributed by atoms with Crippen molar-refractivity contribution in [3.8, 4) is 5.75 Å². The highest BCUT2D eigenvalue weighted by Crippen LogP contribution is 2.16. The van der Waals surface area contributed by atoms with Crippen LogP contribution in [0.4, 0.5) is 0 Å². The summed E-state index contributed by atoms with van der Waals surface area (Å²) in [6, 6.07) is 13.0. The van der Waals surface area contributed by atoms with Crippen molar-refractivity contribution in [2.24, 2.45) is 4.99 Å². The maximum atomic E-state index is 12.3. The third kappa shape index (κ3) is 8.39. The van der Waals surface area contributed by atoms with Crippen molar-refractivity contribution in [3.05, 3.63) is 59.4 Å². The molecular formula is C21H28ClN5O2. The number of nitrogens with zero attached hydrogens (tertiary/aromatic N) is 3. The Morgan fingerprint density at radius 1 is 1.24 bits per heavy atom. The predicted octanol–water partition coefficient (Wildman–Crippen LogP) is 2.37. The van der Waals surface area contributed by atoms with Crippen molar-refractivity contribution in [2.75, 3.05) is 33.7 Å². The van der Waals surface area contributed by atoms with E-state index < -0.39 is 0 Å². The van der Waals surface area contributed by atoms with Gasteiger partial charge in [0.2, 0.25) is 5.91 Å². The number of guanidine groups is 1. The fourth-order valence-corrected chi connectivity index (χ4v) is 2.62. The van der Waals surface area contributed by atoms with Crippen molar-refractivity contribution < 1.29 is 9.53 Å². The Morgan fingerprint density at radius 3 is 2.66 bits per heavy atom. The number of benzene rings is 1. The van der Waals surface area contributed by atoms with Gasteiger partial charge in [-0.15, -0.1) is 0 Å². The van der Waals surface area contributed by atoms with Crippen molar-refractivity contribution >= 4 is 23.5 Å². The van der Waals surface area contributed by atoms with Gasteiger partial charge in [-0.1, -0.05) is 17.7 Å². The second-order valence-corrected chi connectivity index (χ2v) is 7.01. The van der Waals surface area contributed by atoms with Gasteiger partial charge in [-0.2, -0.15) is 0 Å². The molecule has 7 nitrogen and oxygen atoms in total. The van der Waals surface area contributed by atoms with Gasteiger partial charge in [0, 0.05) is 44.0 Å². The molecular weight excluding hydrogens is 390 g/mol. The molecule has 2 rings (SSSR count). The summed E-state index contributed by atoms with van der Waals surface area (Å²) in [5.41, 5.74) is 0.965. The number of amides is 1. The third-order valence-electron chi connectivity index (χ3n) is 4.19. The standard InChI is InChI=1S/C21H28ClN5O2/c1-16(29-19-9-7-17(22)8-10-19)14-25-21(23-2)26-15-20(28)27(3)13-11-18-6-4-5-12-24-18/h4-10,12,16H,11,13-15H2,1-3H3,(H2,23,25,26). The van der Waals surface area contributed by atoms with Gasteiger partial charge in [-0.3, -0.25) is 14.8 Å². The molecule has 0 bridgehead atoms. The Balaban J connectivity index is 1.69. The minimum absolute atomic E-state index is 0.0191. The molecule has 1 amide bonds. The van der Waals surface area contributed by atoms with Crippen LogP contribution in [0.15, 0.2) is 53.7 Å². The Morgan fingerprint density at radius 2 is 2.00 bits per heavy atom. The molecule has 1 aromatic heterocycles. The molecule has 0 saturated carbocycles. The summed E-state index contributed by atoms with van der Waals surface area (Å²) < 4.78 is 5.82. The van der Waals surface area contributed by atoms with E-state index >= 15 is 0 Å². The average Bonchev–Trinajstić information content (AvgIpc) is 2.74. The summed E-state index contributed by atoms with van der Waals surface area (Å²) in [6.07, 6.45) is 2.38. The second kappa shape index (κ2) is 11.9. The molecule has 0 aliphatic carbocycles. The van der Waals surface area contributed by atoms with Crippen molar-refractivity contribution in [2.45, 2.75) is 19.4 Å². The van der Waals surface area contributed by atoms with E-state index in [1.807, 2.05) is 37.3 Å². The van der Waals surface area contributed by atoms with E-state index in [2.05, 4.69) is 20.6 Å². The molecule has 0 spiro atoms. The minimum atomic E-state index is -0.0912. The van der Waals surface area contributed by atoms with Crippen LogP contribution >= 0.6 is 11.6 Å². The van der Waals surface area contributed by atoms with Crippen LogP contribution in [0.25, 0.3) is 0 Å². The van der Waals surface area contributed by atoms with Crippen LogP contribution < -0.4 is 15.4 Å². The maximum Gasteiger partial charge on any atom is 0.241 e. The SMILES string of the molecule is CN=C(NCC(=O)N(C)CCc1ccccn1)NCC(C)Oc1ccc(Cl)cc1. The molecule has 2 aromatic rings. The zero-order valence-electron chi connectivity index (χ0n) is 17.1. The zero-order valence-corrected chi connectivity index (χ0v) is 17.8. The first kappa shape index (κ1) is 22.5. The lowest BCUT2D eigenvalue weighted by Gasteiger charge is -2.20. The highest BCUT2D eigenvalue weighted by molar-refractivity contribution is 6.30. The number of pyridine rings is 1. The molecule has 1 aromatic carbocycles. The molecule has 8 heteroatoms. The summed E-state index contributed by atoms with van der Waals surface area (Å²) in [5.74, 6) is 1.27. The molecule has 0 radical (unpaired) electrons. The van der Waals surface area contributed by atoms with Gasteiger partial charge in [0.1, 0.15) is 11.9 Å². The number of aromatic nitrogens is 1. The van der Waals surface area contributed by atoms with Crippen LogP contribution in [-0.4, -0.2) is 61.6 Å². The van der Waals surface area contributed by atoms with Crippen molar-refractivity contribution in [1.29, 1.82) is 0 Å². The fourth-order valence-electron chi connectivity index (χ4n) is 2.50. The quantitative estimate of drug-likeness (QED) is 0.483. The first-order valence-corrected chi connectivity index (χ1v) is 9.86. The fraction of sp³-hybridized carbons (Fsp3) is 0.381. The molecule has 0 saturated heterocycles. The van der Waals surface area contributed by atoms with Gasteiger partial charge >= 0.3 is 0 Å². The molecule has 0 fully saturated rings. The third-order valence-corrected chi connectivity index (χ3v) is 4.45. The van der Waals surface area contributed by atoms with Gasteiger partial charge in [0.25, 0.3) is 0 Å². The number of hydrogen-bond acceptors (Lipinski definition) is 4. The summed E-state index contributed by atoms with van der Waals surface area (Å²) in [5, 5.41) is 6.86. The number of hydrogen-bond donors (Lipinski definition) is 2. The van der Waals surface area contributed by atoms with E-state index in [-0.39, 0.29) is 18.6 Å². The van der Waals surface area contributed by atoms with Gasteiger partial charge in [-0.05, 0) is 43.3 Å². The predicted molar refractivity (Wildman–Crippen MR) is 116 cm³/mol. The number of carbonyl (C=O) groups is 1. The first-order valence-electron chi connectivity index (χ1n) is 9.48. The van der Waals surface area contributed by atoms with Crippen LogP contribution in [0.2, 0.25) is 5.02 Å². The number of nitrogens with one attached hydrogen (secondary N) is 2. The number of carbonyl (C=O) groups excluding carboxylic acids is 1. The van der Waals surface area contributed by atoms with Gasteiger partial charge in [0.05, 0.1) is 13.1 Å². The van der Waals surface area contributed by atoms with Crippen LogP contribution in [0.3, 0.4) is 0 Å². The highest BCUT2D eigenvalue weighted by atomic mass is 35.5. The lowest BCUT2D eigenvalue weighted by Crippen LogP contribution is -2.46. The molecule has 0 aliphatic heterocycles. The summed E-state index contributed by atoms with van der Waals surface area (Å²) in [4.78, 5) is 22.4. The monoisotopic (exact) mass is 417 g/mol. The lowest BCUT2D eigenvalue weighted by atomic mass is 10.2. The van der Waals surface area contributed by atoms with E-state index in [0.717, 1.165) is 17.9 Å². The molecule has 1 atom stereocenters. The average molecular weight is 418 g/mol. The lowest BCUT2D eigenvalue weighted by molar-refractivity contribution is -0.128. The van der Waals surface area contributed by atoms with Crippen LogP contribution in [0.1, 0.15) is 12.6 Å².